The maximum absolute atomic E-state index is 13.2. The molecule has 144 valence electrons. The van der Waals surface area contributed by atoms with E-state index >= 15 is 0 Å². The van der Waals surface area contributed by atoms with Crippen LogP contribution in [0.3, 0.4) is 0 Å². The zero-order valence-corrected chi connectivity index (χ0v) is 16.9. The molecule has 0 unspecified atom stereocenters. The molecule has 6 nitrogen and oxygen atoms in total. The van der Waals surface area contributed by atoms with E-state index in [4.69, 9.17) is 11.6 Å². The van der Waals surface area contributed by atoms with Crippen LogP contribution in [0.1, 0.15) is 16.8 Å². The second-order valence-corrected chi connectivity index (χ2v) is 8.28. The van der Waals surface area contributed by atoms with Gasteiger partial charge in [0.15, 0.2) is 5.43 Å². The number of nitrogens with one attached hydrogen (secondary N) is 2. The highest BCUT2D eigenvalue weighted by Crippen LogP contribution is 2.24. The third-order valence-corrected chi connectivity index (χ3v) is 6.16. The predicted molar refractivity (Wildman–Crippen MR) is 117 cm³/mol. The monoisotopic (exact) mass is 422 g/mol. The van der Waals surface area contributed by atoms with Crippen molar-refractivity contribution in [3.63, 3.8) is 0 Å². The summed E-state index contributed by atoms with van der Waals surface area (Å²) in [5.41, 5.74) is 2.68. The summed E-state index contributed by atoms with van der Waals surface area (Å²) in [6.07, 6.45) is 0.392. The first-order chi connectivity index (χ1) is 14.0. The SMILES string of the molecule is Cc1[nH]c2[nH]n(-c3nc4ccccc4s3)c(=O)c2c(=O)c1Cc1cccc(Cl)c1. The maximum Gasteiger partial charge on any atom is 0.286 e. The van der Waals surface area contributed by atoms with Crippen LogP contribution in [0.4, 0.5) is 0 Å². The summed E-state index contributed by atoms with van der Waals surface area (Å²) in [4.78, 5) is 33.9. The molecular weight excluding hydrogens is 408 g/mol. The highest BCUT2D eigenvalue weighted by atomic mass is 35.5. The Morgan fingerprint density at radius 2 is 1.97 bits per heavy atom. The van der Waals surface area contributed by atoms with Crippen molar-refractivity contribution in [3.05, 3.63) is 91.0 Å². The number of aromatic amines is 2. The summed E-state index contributed by atoms with van der Waals surface area (Å²) in [6, 6.07) is 15.0. The largest absolute Gasteiger partial charge is 0.343 e. The molecule has 3 heterocycles. The van der Waals surface area contributed by atoms with Crippen LogP contribution in [0.2, 0.25) is 5.02 Å². The molecule has 5 rings (SSSR count). The van der Waals surface area contributed by atoms with Crippen LogP contribution in [-0.4, -0.2) is 19.7 Å². The van der Waals surface area contributed by atoms with Crippen molar-refractivity contribution in [2.24, 2.45) is 0 Å². The summed E-state index contributed by atoms with van der Waals surface area (Å²) >= 11 is 7.45. The molecule has 8 heteroatoms. The van der Waals surface area contributed by atoms with Gasteiger partial charge in [0.25, 0.3) is 5.56 Å². The summed E-state index contributed by atoms with van der Waals surface area (Å²) in [5, 5.41) is 4.21. The number of thiazole rings is 1. The van der Waals surface area contributed by atoms with Crippen LogP contribution in [0.5, 0.6) is 0 Å². The molecule has 29 heavy (non-hydrogen) atoms. The Morgan fingerprint density at radius 1 is 1.14 bits per heavy atom. The lowest BCUT2D eigenvalue weighted by Crippen LogP contribution is -2.21. The topological polar surface area (TPSA) is 83.5 Å². The van der Waals surface area contributed by atoms with Gasteiger partial charge in [-0.1, -0.05) is 47.2 Å². The molecule has 2 N–H and O–H groups in total. The van der Waals surface area contributed by atoms with Crippen LogP contribution in [-0.2, 0) is 6.42 Å². The molecule has 0 saturated heterocycles. The number of fused-ring (bicyclic) bond motifs is 2. The van der Waals surface area contributed by atoms with E-state index in [0.717, 1.165) is 15.8 Å². The molecule has 0 saturated carbocycles. The number of H-pyrrole nitrogens is 2. The van der Waals surface area contributed by atoms with Crippen LogP contribution in [0, 0.1) is 6.92 Å². The predicted octanol–water partition coefficient (Wildman–Crippen LogP) is 4.17. The molecule has 0 fully saturated rings. The quantitative estimate of drug-likeness (QED) is 0.457. The number of para-hydroxylation sites is 1. The maximum atomic E-state index is 13.2. The summed E-state index contributed by atoms with van der Waals surface area (Å²) < 4.78 is 2.30. The van der Waals surface area contributed by atoms with E-state index in [1.165, 1.54) is 16.0 Å². The fourth-order valence-electron chi connectivity index (χ4n) is 3.48. The molecular formula is C21H15ClN4O2S. The Hall–Kier alpha value is -3.16. The van der Waals surface area contributed by atoms with E-state index in [1.54, 1.807) is 6.07 Å². The van der Waals surface area contributed by atoms with Crippen molar-refractivity contribution in [2.75, 3.05) is 0 Å². The molecule has 0 aliphatic rings. The minimum atomic E-state index is -0.410. The Labute approximate surface area is 173 Å². The van der Waals surface area contributed by atoms with Crippen LogP contribution < -0.4 is 11.0 Å². The molecule has 0 aliphatic carbocycles. The van der Waals surface area contributed by atoms with Crippen molar-refractivity contribution in [2.45, 2.75) is 13.3 Å². The number of halogens is 1. The second-order valence-electron chi connectivity index (χ2n) is 6.83. The first-order valence-corrected chi connectivity index (χ1v) is 10.2. The number of aryl methyl sites for hydroxylation is 1. The van der Waals surface area contributed by atoms with Crippen LogP contribution in [0.25, 0.3) is 26.4 Å². The van der Waals surface area contributed by atoms with Gasteiger partial charge in [-0.15, -0.1) is 0 Å². The zero-order valence-electron chi connectivity index (χ0n) is 15.3. The molecule has 0 bridgehead atoms. The van der Waals surface area contributed by atoms with E-state index in [1.807, 2.05) is 49.4 Å². The Balaban J connectivity index is 1.68. The fourth-order valence-corrected chi connectivity index (χ4v) is 4.62. The van der Waals surface area contributed by atoms with Crippen molar-refractivity contribution in [3.8, 4) is 5.13 Å². The lowest BCUT2D eigenvalue weighted by Gasteiger charge is -2.06. The minimum Gasteiger partial charge on any atom is -0.343 e. The summed E-state index contributed by atoms with van der Waals surface area (Å²) in [6.45, 7) is 1.83. The third kappa shape index (κ3) is 2.99. The Bertz CT molecular complexity index is 1480. The first kappa shape index (κ1) is 17.9. The zero-order chi connectivity index (χ0) is 20.1. The molecule has 5 aromatic rings. The van der Waals surface area contributed by atoms with Crippen molar-refractivity contribution in [1.82, 2.24) is 19.7 Å². The average Bonchev–Trinajstić information content (AvgIpc) is 3.26. The number of pyridine rings is 1. The summed E-state index contributed by atoms with van der Waals surface area (Å²) in [5.74, 6) is 0. The minimum absolute atomic E-state index is 0.104. The Kier molecular flexibility index (Phi) is 4.15. The van der Waals surface area contributed by atoms with Crippen LogP contribution in [0.15, 0.2) is 58.1 Å². The molecule has 0 radical (unpaired) electrons. The number of hydrogen-bond acceptors (Lipinski definition) is 4. The van der Waals surface area contributed by atoms with E-state index in [0.29, 0.717) is 33.5 Å². The second kappa shape index (κ2) is 6.72. The molecule has 2 aromatic carbocycles. The standard InChI is InChI=1S/C21H15ClN4O2S/c1-11-14(10-12-5-4-6-13(22)9-12)18(27)17-19(23-11)25-26(20(17)28)21-24-15-7-2-3-8-16(15)29-21/h2-9H,10H2,1H3,(H2,23,25,27). The van der Waals surface area contributed by atoms with Gasteiger partial charge in [0.2, 0.25) is 5.13 Å². The van der Waals surface area contributed by atoms with Crippen molar-refractivity contribution in [1.29, 1.82) is 0 Å². The fraction of sp³-hybridized carbons (Fsp3) is 0.0952. The summed E-state index contributed by atoms with van der Waals surface area (Å²) in [7, 11) is 0. The lowest BCUT2D eigenvalue weighted by molar-refractivity contribution is 0.850. The average molecular weight is 423 g/mol. The van der Waals surface area contributed by atoms with Gasteiger partial charge in [-0.2, -0.15) is 4.68 Å². The number of hydrogen-bond donors (Lipinski definition) is 2. The van der Waals surface area contributed by atoms with Gasteiger partial charge in [0.05, 0.1) is 10.2 Å². The molecule has 0 aliphatic heterocycles. The smallest absolute Gasteiger partial charge is 0.286 e. The van der Waals surface area contributed by atoms with E-state index in [-0.39, 0.29) is 10.8 Å². The number of rotatable bonds is 3. The highest BCUT2D eigenvalue weighted by Gasteiger charge is 2.19. The van der Waals surface area contributed by atoms with Gasteiger partial charge in [0, 0.05) is 22.7 Å². The molecule has 0 spiro atoms. The van der Waals surface area contributed by atoms with Crippen LogP contribution >= 0.6 is 22.9 Å². The number of aromatic nitrogens is 4. The lowest BCUT2D eigenvalue weighted by atomic mass is 10.0. The van der Waals surface area contributed by atoms with Gasteiger partial charge in [-0.25, -0.2) is 4.98 Å². The van der Waals surface area contributed by atoms with Crippen molar-refractivity contribution < 1.29 is 0 Å². The van der Waals surface area contributed by atoms with E-state index in [2.05, 4.69) is 15.1 Å². The first-order valence-electron chi connectivity index (χ1n) is 8.98. The molecule has 0 atom stereocenters. The normalized spacial score (nSPS) is 11.5. The third-order valence-electron chi connectivity index (χ3n) is 4.90. The van der Waals surface area contributed by atoms with E-state index < -0.39 is 5.56 Å². The van der Waals surface area contributed by atoms with Gasteiger partial charge >= 0.3 is 0 Å². The highest BCUT2D eigenvalue weighted by molar-refractivity contribution is 7.20. The van der Waals surface area contributed by atoms with Crippen molar-refractivity contribution >= 4 is 44.2 Å². The van der Waals surface area contributed by atoms with E-state index in [9.17, 15) is 9.59 Å². The Morgan fingerprint density at radius 3 is 2.76 bits per heavy atom. The van der Waals surface area contributed by atoms with Gasteiger partial charge < -0.3 is 4.98 Å². The number of nitrogens with zero attached hydrogens (tertiary/aromatic N) is 2. The molecule has 0 amide bonds. The number of benzene rings is 2. The van der Waals surface area contributed by atoms with Gasteiger partial charge in [0.1, 0.15) is 11.0 Å². The molecule has 3 aromatic heterocycles. The van der Waals surface area contributed by atoms with Gasteiger partial charge in [-0.3, -0.25) is 14.7 Å². The van der Waals surface area contributed by atoms with Gasteiger partial charge in [-0.05, 0) is 36.8 Å².